The van der Waals surface area contributed by atoms with Crippen LogP contribution in [0.1, 0.15) is 27.3 Å². The molecule has 1 amide bonds. The van der Waals surface area contributed by atoms with Gasteiger partial charge in [0.25, 0.3) is 5.91 Å². The zero-order valence-corrected chi connectivity index (χ0v) is 16.3. The van der Waals surface area contributed by atoms with Crippen molar-refractivity contribution in [1.29, 1.82) is 0 Å². The zero-order valence-electron chi connectivity index (χ0n) is 16.3. The first-order chi connectivity index (χ1) is 15.2. The highest BCUT2D eigenvalue weighted by Crippen LogP contribution is 2.31. The summed E-state index contributed by atoms with van der Waals surface area (Å²) in [6, 6.07) is 11.9. The molecule has 0 bridgehead atoms. The van der Waals surface area contributed by atoms with Crippen molar-refractivity contribution in [3.05, 3.63) is 94.9 Å². The molecule has 0 aliphatic carbocycles. The normalized spacial score (nSPS) is 11.7. The number of amides is 1. The van der Waals surface area contributed by atoms with E-state index in [1.54, 1.807) is 0 Å². The Morgan fingerprint density at radius 3 is 2.47 bits per heavy atom. The Hall–Kier alpha value is -3.82. The van der Waals surface area contributed by atoms with Gasteiger partial charge in [-0.25, -0.2) is 18.7 Å². The van der Waals surface area contributed by atoms with Crippen LogP contribution in [-0.4, -0.2) is 20.4 Å². The second-order valence-electron chi connectivity index (χ2n) is 6.98. The number of carbonyl (C=O) groups excluding carboxylic acids is 1. The summed E-state index contributed by atoms with van der Waals surface area (Å²) >= 11 is 0. The summed E-state index contributed by atoms with van der Waals surface area (Å²) in [5, 5.41) is 2.52. The smallest absolute Gasteiger partial charge is 0.348 e. The molecule has 32 heavy (non-hydrogen) atoms. The number of rotatable bonds is 5. The summed E-state index contributed by atoms with van der Waals surface area (Å²) < 4.78 is 67.9. The molecule has 0 unspecified atom stereocenters. The van der Waals surface area contributed by atoms with Gasteiger partial charge in [0.1, 0.15) is 17.2 Å². The highest BCUT2D eigenvalue weighted by Gasteiger charge is 2.37. The molecular weight excluding hydrogens is 431 g/mol. The van der Waals surface area contributed by atoms with E-state index < -0.39 is 29.5 Å². The van der Waals surface area contributed by atoms with Crippen LogP contribution in [0.2, 0.25) is 0 Å². The third kappa shape index (κ3) is 4.43. The molecule has 1 N–H and O–H groups in total. The quantitative estimate of drug-likeness (QED) is 0.452. The monoisotopic (exact) mass is 446 g/mol. The fourth-order valence-corrected chi connectivity index (χ4v) is 3.21. The minimum atomic E-state index is -4.66. The highest BCUT2D eigenvalue weighted by atomic mass is 19.4. The molecule has 0 fully saturated rings. The van der Waals surface area contributed by atoms with Crippen molar-refractivity contribution in [1.82, 2.24) is 19.9 Å². The van der Waals surface area contributed by atoms with Gasteiger partial charge in [0.15, 0.2) is 5.65 Å². The topological polar surface area (TPSA) is 59.8 Å². The molecule has 164 valence electrons. The van der Waals surface area contributed by atoms with Gasteiger partial charge in [-0.3, -0.25) is 4.79 Å². The van der Waals surface area contributed by atoms with Crippen LogP contribution in [0.25, 0.3) is 11.2 Å². The van der Waals surface area contributed by atoms with Crippen molar-refractivity contribution in [3.63, 3.8) is 0 Å². The fraction of sp³-hybridized carbons (Fsp3) is 0.136. The molecule has 2 aromatic carbocycles. The molecule has 4 aromatic rings. The number of aromatic nitrogens is 3. The molecule has 4 rings (SSSR count). The molecule has 0 atom stereocenters. The molecule has 2 aromatic heterocycles. The van der Waals surface area contributed by atoms with Crippen LogP contribution < -0.4 is 5.32 Å². The van der Waals surface area contributed by atoms with Crippen molar-refractivity contribution in [2.24, 2.45) is 0 Å². The molecule has 5 nitrogen and oxygen atoms in total. The van der Waals surface area contributed by atoms with Crippen LogP contribution >= 0.6 is 0 Å². The Morgan fingerprint density at radius 2 is 1.78 bits per heavy atom. The first kappa shape index (κ1) is 21.4. The Morgan fingerprint density at radius 1 is 1.03 bits per heavy atom. The van der Waals surface area contributed by atoms with Gasteiger partial charge in [-0.1, -0.05) is 18.2 Å². The minimum absolute atomic E-state index is 0.1000. The maximum atomic E-state index is 13.7. The van der Waals surface area contributed by atoms with E-state index in [-0.39, 0.29) is 35.4 Å². The summed E-state index contributed by atoms with van der Waals surface area (Å²) in [6.45, 7) is -0.292. The van der Waals surface area contributed by atoms with Gasteiger partial charge >= 0.3 is 6.18 Å². The van der Waals surface area contributed by atoms with Gasteiger partial charge in [-0.05, 0) is 35.9 Å². The standard InChI is InChI=1S/C22H15F5N4O/c23-16-8-7-15(17(24)10-16)11-29-20(32)14-5-3-13(4-6-14)12-31-19-18(2-1-9-28-19)30-21(31)22(25,26)27/h1-10H,11-12H2,(H,29,32). The van der Waals surface area contributed by atoms with Crippen molar-refractivity contribution in [2.45, 2.75) is 19.3 Å². The van der Waals surface area contributed by atoms with Crippen molar-refractivity contribution < 1.29 is 26.7 Å². The second-order valence-corrected chi connectivity index (χ2v) is 6.98. The second kappa shape index (κ2) is 8.37. The summed E-state index contributed by atoms with van der Waals surface area (Å²) in [5.41, 5.74) is 1.09. The maximum Gasteiger partial charge on any atom is 0.449 e. The van der Waals surface area contributed by atoms with Crippen LogP contribution in [0.3, 0.4) is 0 Å². The molecule has 0 radical (unpaired) electrons. The number of hydrogen-bond donors (Lipinski definition) is 1. The predicted molar refractivity (Wildman–Crippen MR) is 106 cm³/mol. The third-order valence-corrected chi connectivity index (χ3v) is 4.77. The van der Waals surface area contributed by atoms with E-state index in [2.05, 4.69) is 15.3 Å². The lowest BCUT2D eigenvalue weighted by atomic mass is 10.1. The van der Waals surface area contributed by atoms with Gasteiger partial charge in [0, 0.05) is 29.9 Å². The summed E-state index contributed by atoms with van der Waals surface area (Å²) in [4.78, 5) is 20.0. The average molecular weight is 446 g/mol. The molecule has 0 aliphatic heterocycles. The number of halogens is 5. The van der Waals surface area contributed by atoms with E-state index in [1.165, 1.54) is 48.7 Å². The number of benzene rings is 2. The molecule has 0 aliphatic rings. The van der Waals surface area contributed by atoms with Crippen molar-refractivity contribution in [2.75, 3.05) is 0 Å². The Bertz CT molecular complexity index is 1280. The average Bonchev–Trinajstić information content (AvgIpc) is 3.12. The number of nitrogens with one attached hydrogen (secondary N) is 1. The first-order valence-electron chi connectivity index (χ1n) is 9.42. The van der Waals surface area contributed by atoms with E-state index in [1.807, 2.05) is 0 Å². The first-order valence-corrected chi connectivity index (χ1v) is 9.42. The molecule has 0 spiro atoms. The SMILES string of the molecule is O=C(NCc1ccc(F)cc1F)c1ccc(Cn2c(C(F)(F)F)nc3cccnc32)cc1. The number of alkyl halides is 3. The third-order valence-electron chi connectivity index (χ3n) is 4.77. The van der Waals surface area contributed by atoms with Crippen LogP contribution in [0.5, 0.6) is 0 Å². The molecular formula is C22H15F5N4O. The van der Waals surface area contributed by atoms with Crippen LogP contribution in [0.4, 0.5) is 22.0 Å². The number of pyridine rings is 1. The van der Waals surface area contributed by atoms with Crippen molar-refractivity contribution in [3.8, 4) is 0 Å². The lowest BCUT2D eigenvalue weighted by Crippen LogP contribution is -2.23. The number of nitrogens with zero attached hydrogens (tertiary/aromatic N) is 3. The Labute approximate surface area is 178 Å². The molecule has 2 heterocycles. The Kier molecular flexibility index (Phi) is 5.60. The summed E-state index contributed by atoms with van der Waals surface area (Å²) in [7, 11) is 0. The van der Waals surface area contributed by atoms with Crippen molar-refractivity contribution >= 4 is 17.1 Å². The highest BCUT2D eigenvalue weighted by molar-refractivity contribution is 5.94. The number of carbonyl (C=O) groups is 1. The lowest BCUT2D eigenvalue weighted by molar-refractivity contribution is -0.146. The van der Waals surface area contributed by atoms with Gasteiger partial charge < -0.3 is 9.88 Å². The number of hydrogen-bond acceptors (Lipinski definition) is 3. The van der Waals surface area contributed by atoms with E-state index >= 15 is 0 Å². The number of fused-ring (bicyclic) bond motifs is 1. The van der Waals surface area contributed by atoms with Gasteiger partial charge in [0.2, 0.25) is 5.82 Å². The van der Waals surface area contributed by atoms with Gasteiger partial charge in [-0.2, -0.15) is 13.2 Å². The molecule has 0 saturated carbocycles. The molecule has 10 heteroatoms. The van der Waals surface area contributed by atoms with E-state index in [4.69, 9.17) is 0 Å². The lowest BCUT2D eigenvalue weighted by Gasteiger charge is -2.11. The van der Waals surface area contributed by atoms with Crippen LogP contribution in [-0.2, 0) is 19.3 Å². The largest absolute Gasteiger partial charge is 0.449 e. The van der Waals surface area contributed by atoms with Gasteiger partial charge in [-0.15, -0.1) is 0 Å². The fourth-order valence-electron chi connectivity index (χ4n) is 3.21. The zero-order chi connectivity index (χ0) is 22.9. The maximum absolute atomic E-state index is 13.7. The van der Waals surface area contributed by atoms with E-state index in [0.29, 0.717) is 5.56 Å². The number of imidazole rings is 1. The van der Waals surface area contributed by atoms with Crippen LogP contribution in [0.15, 0.2) is 60.8 Å². The van der Waals surface area contributed by atoms with E-state index in [0.717, 1.165) is 16.7 Å². The van der Waals surface area contributed by atoms with Crippen LogP contribution in [0, 0.1) is 11.6 Å². The minimum Gasteiger partial charge on any atom is -0.348 e. The predicted octanol–water partition coefficient (Wildman–Crippen LogP) is 4.71. The van der Waals surface area contributed by atoms with Gasteiger partial charge in [0.05, 0.1) is 6.54 Å². The Balaban J connectivity index is 1.50. The molecule has 0 saturated heterocycles. The van der Waals surface area contributed by atoms with E-state index in [9.17, 15) is 26.7 Å². The summed E-state index contributed by atoms with van der Waals surface area (Å²) in [5.74, 6) is -3.06. The summed E-state index contributed by atoms with van der Waals surface area (Å²) in [6.07, 6.45) is -3.27.